The number of furan rings is 1. The van der Waals surface area contributed by atoms with Crippen LogP contribution in [0.3, 0.4) is 0 Å². The van der Waals surface area contributed by atoms with Crippen molar-refractivity contribution in [2.45, 2.75) is 25.6 Å². The summed E-state index contributed by atoms with van der Waals surface area (Å²) in [6.45, 7) is 1.67. The number of hydrogen-bond acceptors (Lipinski definition) is 5. The lowest BCUT2D eigenvalue weighted by atomic mass is 10.3. The van der Waals surface area contributed by atoms with Crippen LogP contribution in [0.2, 0.25) is 0 Å². The highest BCUT2D eigenvalue weighted by molar-refractivity contribution is 5.73. The Labute approximate surface area is 106 Å². The van der Waals surface area contributed by atoms with Crippen LogP contribution in [0.4, 0.5) is 0 Å². The van der Waals surface area contributed by atoms with E-state index >= 15 is 0 Å². The number of carbonyl (C=O) groups excluding carboxylic acids is 1. The number of nitrogens with two attached hydrogens (primary N) is 1. The molecule has 0 radical (unpaired) electrons. The van der Waals surface area contributed by atoms with Crippen LogP contribution in [0, 0.1) is 0 Å². The molecule has 6 nitrogen and oxygen atoms in total. The Balaban J connectivity index is 1.93. The van der Waals surface area contributed by atoms with Crippen LogP contribution < -0.4 is 11.1 Å². The Bertz CT molecular complexity index is 327. The number of ether oxygens (including phenoxy) is 1. The van der Waals surface area contributed by atoms with Crippen molar-refractivity contribution in [3.8, 4) is 0 Å². The van der Waals surface area contributed by atoms with E-state index in [9.17, 15) is 9.90 Å². The van der Waals surface area contributed by atoms with Gasteiger partial charge in [-0.3, -0.25) is 4.79 Å². The van der Waals surface area contributed by atoms with Crippen LogP contribution in [0.5, 0.6) is 0 Å². The molecule has 102 valence electrons. The van der Waals surface area contributed by atoms with Gasteiger partial charge in [-0.05, 0) is 25.1 Å². The Kier molecular flexibility index (Phi) is 7.09. The van der Waals surface area contributed by atoms with Crippen LogP contribution in [0.1, 0.15) is 18.6 Å². The molecule has 0 spiro atoms. The first-order chi connectivity index (χ1) is 8.68. The molecular formula is C12H20N2O4. The minimum Gasteiger partial charge on any atom is -0.467 e. The van der Waals surface area contributed by atoms with Gasteiger partial charge in [-0.15, -0.1) is 0 Å². The van der Waals surface area contributed by atoms with Gasteiger partial charge in [0.2, 0.25) is 5.91 Å². The second-order valence-electron chi connectivity index (χ2n) is 4.02. The summed E-state index contributed by atoms with van der Waals surface area (Å²) in [6, 6.07) is 3.60. The summed E-state index contributed by atoms with van der Waals surface area (Å²) >= 11 is 0. The third-order valence-corrected chi connectivity index (χ3v) is 2.29. The maximum Gasteiger partial charge on any atom is 0.217 e. The molecule has 4 N–H and O–H groups in total. The van der Waals surface area contributed by atoms with Gasteiger partial charge in [-0.1, -0.05) is 0 Å². The smallest absolute Gasteiger partial charge is 0.217 e. The van der Waals surface area contributed by atoms with Crippen molar-refractivity contribution in [1.29, 1.82) is 0 Å². The van der Waals surface area contributed by atoms with Crippen LogP contribution >= 0.6 is 0 Å². The molecular weight excluding hydrogens is 236 g/mol. The van der Waals surface area contributed by atoms with Gasteiger partial charge >= 0.3 is 0 Å². The molecule has 0 bridgehead atoms. The average Bonchev–Trinajstić information content (AvgIpc) is 2.81. The van der Waals surface area contributed by atoms with Crippen molar-refractivity contribution < 1.29 is 19.1 Å². The summed E-state index contributed by atoms with van der Waals surface area (Å²) in [5, 5.41) is 12.6. The molecule has 0 fully saturated rings. The first-order valence-corrected chi connectivity index (χ1v) is 5.95. The van der Waals surface area contributed by atoms with Crippen molar-refractivity contribution in [3.05, 3.63) is 24.2 Å². The molecule has 0 saturated heterocycles. The number of nitrogens with one attached hydrogen (secondary N) is 1. The molecule has 0 aromatic carbocycles. The number of rotatable bonds is 10. The fraction of sp³-hybridized carbons (Fsp3) is 0.583. The Hall–Kier alpha value is -1.37. The maximum atomic E-state index is 10.5. The van der Waals surface area contributed by atoms with Crippen molar-refractivity contribution >= 4 is 5.91 Å². The summed E-state index contributed by atoms with van der Waals surface area (Å²) < 4.78 is 10.4. The summed E-state index contributed by atoms with van der Waals surface area (Å²) in [6.07, 6.45) is 2.04. The molecule has 1 amide bonds. The number of hydrogen-bond donors (Lipinski definition) is 3. The van der Waals surface area contributed by atoms with Gasteiger partial charge in [0, 0.05) is 13.0 Å². The third kappa shape index (κ3) is 7.05. The Morgan fingerprint density at radius 3 is 3.11 bits per heavy atom. The van der Waals surface area contributed by atoms with Crippen molar-refractivity contribution in [1.82, 2.24) is 5.32 Å². The minimum absolute atomic E-state index is 0.240. The topological polar surface area (TPSA) is 97.7 Å². The van der Waals surface area contributed by atoms with Crippen LogP contribution in [0.25, 0.3) is 0 Å². The number of aliphatic hydroxyl groups is 1. The first kappa shape index (κ1) is 14.7. The van der Waals surface area contributed by atoms with Gasteiger partial charge in [0.15, 0.2) is 0 Å². The molecule has 1 rings (SSSR count). The summed E-state index contributed by atoms with van der Waals surface area (Å²) in [5.74, 6) is 0.427. The third-order valence-electron chi connectivity index (χ3n) is 2.29. The lowest BCUT2D eigenvalue weighted by Gasteiger charge is -2.11. The predicted molar refractivity (Wildman–Crippen MR) is 65.7 cm³/mol. The molecule has 0 aliphatic rings. The van der Waals surface area contributed by atoms with Gasteiger partial charge in [0.25, 0.3) is 0 Å². The van der Waals surface area contributed by atoms with Crippen LogP contribution in [-0.2, 0) is 16.1 Å². The Morgan fingerprint density at radius 2 is 2.44 bits per heavy atom. The SMILES string of the molecule is NC(=O)CCCNCC(O)COCc1ccco1. The highest BCUT2D eigenvalue weighted by Gasteiger charge is 2.04. The highest BCUT2D eigenvalue weighted by atomic mass is 16.5. The van der Waals surface area contributed by atoms with E-state index in [2.05, 4.69) is 5.32 Å². The fourth-order valence-corrected chi connectivity index (χ4v) is 1.41. The zero-order valence-electron chi connectivity index (χ0n) is 10.3. The summed E-state index contributed by atoms with van der Waals surface area (Å²) in [5.41, 5.74) is 5.00. The van der Waals surface area contributed by atoms with E-state index in [1.807, 2.05) is 6.07 Å². The molecule has 0 saturated carbocycles. The molecule has 6 heteroatoms. The van der Waals surface area contributed by atoms with E-state index in [1.165, 1.54) is 0 Å². The predicted octanol–water partition coefficient (Wildman–Crippen LogP) is 0.0122. The Morgan fingerprint density at radius 1 is 1.61 bits per heavy atom. The highest BCUT2D eigenvalue weighted by Crippen LogP contribution is 2.01. The fourth-order valence-electron chi connectivity index (χ4n) is 1.41. The monoisotopic (exact) mass is 256 g/mol. The van der Waals surface area contributed by atoms with Gasteiger partial charge in [0.05, 0.1) is 19.0 Å². The zero-order chi connectivity index (χ0) is 13.2. The molecule has 1 aromatic heterocycles. The van der Waals surface area contributed by atoms with Gasteiger partial charge in [0.1, 0.15) is 12.4 Å². The van der Waals surface area contributed by atoms with E-state index in [-0.39, 0.29) is 12.5 Å². The lowest BCUT2D eigenvalue weighted by molar-refractivity contribution is -0.118. The number of amides is 1. The lowest BCUT2D eigenvalue weighted by Crippen LogP contribution is -2.31. The van der Waals surface area contributed by atoms with Gasteiger partial charge in [-0.2, -0.15) is 0 Å². The van der Waals surface area contributed by atoms with E-state index < -0.39 is 6.10 Å². The van der Waals surface area contributed by atoms with Gasteiger partial charge < -0.3 is 25.3 Å². The quantitative estimate of drug-likeness (QED) is 0.512. The molecule has 1 atom stereocenters. The molecule has 1 aromatic rings. The average molecular weight is 256 g/mol. The standard InChI is InChI=1S/C12H20N2O4/c13-12(16)4-1-5-14-7-10(15)8-17-9-11-3-2-6-18-11/h2-3,6,10,14-15H,1,4-5,7-9H2,(H2,13,16). The maximum absolute atomic E-state index is 10.5. The second kappa shape index (κ2) is 8.68. The molecule has 0 aliphatic heterocycles. The van der Waals surface area contributed by atoms with Crippen LogP contribution in [-0.4, -0.2) is 36.8 Å². The normalized spacial score (nSPS) is 12.5. The minimum atomic E-state index is -0.575. The van der Waals surface area contributed by atoms with Crippen molar-refractivity contribution in [2.75, 3.05) is 19.7 Å². The second-order valence-corrected chi connectivity index (χ2v) is 4.02. The summed E-state index contributed by atoms with van der Waals surface area (Å²) in [7, 11) is 0. The van der Waals surface area contributed by atoms with E-state index in [1.54, 1.807) is 12.3 Å². The number of aliphatic hydroxyl groups excluding tert-OH is 1. The zero-order valence-corrected chi connectivity index (χ0v) is 10.3. The number of carbonyl (C=O) groups is 1. The van der Waals surface area contributed by atoms with E-state index in [0.29, 0.717) is 32.5 Å². The number of primary amides is 1. The first-order valence-electron chi connectivity index (χ1n) is 5.95. The van der Waals surface area contributed by atoms with Crippen molar-refractivity contribution in [3.63, 3.8) is 0 Å². The molecule has 0 aliphatic carbocycles. The molecule has 1 unspecified atom stereocenters. The van der Waals surface area contributed by atoms with Crippen molar-refractivity contribution in [2.24, 2.45) is 5.73 Å². The summed E-state index contributed by atoms with van der Waals surface area (Å²) in [4.78, 5) is 10.5. The molecule has 18 heavy (non-hydrogen) atoms. The van der Waals surface area contributed by atoms with E-state index in [4.69, 9.17) is 14.9 Å². The van der Waals surface area contributed by atoms with Gasteiger partial charge in [-0.25, -0.2) is 0 Å². The molecule has 1 heterocycles. The largest absolute Gasteiger partial charge is 0.467 e. The van der Waals surface area contributed by atoms with E-state index in [0.717, 1.165) is 5.76 Å². The van der Waals surface area contributed by atoms with Crippen LogP contribution in [0.15, 0.2) is 22.8 Å².